The predicted octanol–water partition coefficient (Wildman–Crippen LogP) is 2.63. The van der Waals surface area contributed by atoms with Crippen LogP contribution in [-0.4, -0.2) is 26.3 Å². The highest BCUT2D eigenvalue weighted by Gasteiger charge is 2.22. The fraction of sp³-hybridized carbons (Fsp3) is 0.333. The smallest absolute Gasteiger partial charge is 0.206 e. The number of hydrogen-bond acceptors (Lipinski definition) is 3. The molecule has 0 saturated heterocycles. The molecule has 0 atom stereocenters. The topological polar surface area (TPSA) is 37.4 Å². The number of hydrogen-bond donors (Lipinski definition) is 0. The summed E-state index contributed by atoms with van der Waals surface area (Å²) in [6.45, 7) is 5.70. The van der Waals surface area contributed by atoms with E-state index in [1.54, 1.807) is 19.2 Å². The predicted molar refractivity (Wildman–Crippen MR) is 66.8 cm³/mol. The zero-order valence-corrected chi connectivity index (χ0v) is 11.7. The summed E-state index contributed by atoms with van der Waals surface area (Å²) < 4.78 is 26.4. The van der Waals surface area contributed by atoms with Crippen molar-refractivity contribution in [2.45, 2.75) is 11.1 Å². The van der Waals surface area contributed by atoms with Gasteiger partial charge in [-0.15, -0.1) is 17.9 Å². The lowest BCUT2D eigenvalue weighted by Crippen LogP contribution is -2.26. The molecule has 0 unspecified atom stereocenters. The lowest BCUT2D eigenvalue weighted by molar-refractivity contribution is 0.501. The molecule has 15 heavy (non-hydrogen) atoms. The van der Waals surface area contributed by atoms with Crippen molar-refractivity contribution >= 4 is 37.3 Å². The van der Waals surface area contributed by atoms with E-state index in [1.165, 1.54) is 15.6 Å². The minimum atomic E-state index is -3.35. The molecule has 84 valence electrons. The maximum atomic E-state index is 12.0. The zero-order chi connectivity index (χ0) is 11.6. The molecule has 0 spiro atoms. The Labute approximate surface area is 103 Å². The van der Waals surface area contributed by atoms with Crippen molar-refractivity contribution in [2.24, 2.45) is 0 Å². The monoisotopic (exact) mass is 309 g/mol. The van der Waals surface area contributed by atoms with Crippen LogP contribution in [0.5, 0.6) is 0 Å². The first kappa shape index (κ1) is 12.9. The molecule has 0 aliphatic heterocycles. The van der Waals surface area contributed by atoms with Gasteiger partial charge in [0.05, 0.1) is 3.79 Å². The van der Waals surface area contributed by atoms with Crippen molar-refractivity contribution < 1.29 is 8.42 Å². The van der Waals surface area contributed by atoms with E-state index in [4.69, 9.17) is 0 Å². The van der Waals surface area contributed by atoms with Crippen LogP contribution >= 0.6 is 27.3 Å². The number of rotatable bonds is 4. The van der Waals surface area contributed by atoms with Gasteiger partial charge in [0.1, 0.15) is 4.21 Å². The van der Waals surface area contributed by atoms with E-state index >= 15 is 0 Å². The Balaban J connectivity index is 3.11. The third-order valence-electron chi connectivity index (χ3n) is 1.89. The van der Waals surface area contributed by atoms with Gasteiger partial charge in [-0.25, -0.2) is 8.42 Å². The number of aryl methyl sites for hydroxylation is 1. The number of likely N-dealkylation sites (N-methyl/N-ethyl adjacent to an activating group) is 1. The van der Waals surface area contributed by atoms with Gasteiger partial charge >= 0.3 is 0 Å². The molecule has 0 fully saturated rings. The average molecular weight is 310 g/mol. The Morgan fingerprint density at radius 3 is 2.67 bits per heavy atom. The van der Waals surface area contributed by atoms with Crippen LogP contribution in [0, 0.1) is 6.92 Å². The molecule has 0 aliphatic rings. The van der Waals surface area contributed by atoms with Crippen LogP contribution in [-0.2, 0) is 10.0 Å². The molecule has 0 saturated carbocycles. The minimum absolute atomic E-state index is 0.316. The second kappa shape index (κ2) is 4.78. The van der Waals surface area contributed by atoms with Gasteiger partial charge in [0.15, 0.2) is 0 Å². The van der Waals surface area contributed by atoms with Crippen molar-refractivity contribution in [3.63, 3.8) is 0 Å². The molecule has 1 rings (SSSR count). The van der Waals surface area contributed by atoms with Gasteiger partial charge in [-0.2, -0.15) is 4.31 Å². The molecular weight excluding hydrogens is 298 g/mol. The highest BCUT2D eigenvalue weighted by Crippen LogP contribution is 2.31. The molecule has 0 aliphatic carbocycles. The molecule has 0 aromatic carbocycles. The van der Waals surface area contributed by atoms with E-state index in [-0.39, 0.29) is 0 Å². The lowest BCUT2D eigenvalue weighted by Gasteiger charge is -2.12. The molecule has 1 aromatic rings. The van der Waals surface area contributed by atoms with Gasteiger partial charge in [0.25, 0.3) is 10.0 Å². The largest absolute Gasteiger partial charge is 0.252 e. The molecule has 1 aromatic heterocycles. The highest BCUT2D eigenvalue weighted by atomic mass is 79.9. The summed E-state index contributed by atoms with van der Waals surface area (Å²) in [6.07, 6.45) is 1.56. The highest BCUT2D eigenvalue weighted by molar-refractivity contribution is 9.11. The van der Waals surface area contributed by atoms with Crippen molar-refractivity contribution in [3.8, 4) is 0 Å². The van der Waals surface area contributed by atoms with Crippen LogP contribution in [0.2, 0.25) is 0 Å². The fourth-order valence-corrected chi connectivity index (χ4v) is 4.57. The quantitative estimate of drug-likeness (QED) is 0.802. The second-order valence-corrected chi connectivity index (χ2v) is 7.74. The van der Waals surface area contributed by atoms with Gasteiger partial charge < -0.3 is 0 Å². The summed E-state index contributed by atoms with van der Waals surface area (Å²) in [7, 11) is -1.81. The number of nitrogens with zero attached hydrogens (tertiary/aromatic N) is 1. The molecule has 0 radical (unpaired) electrons. The van der Waals surface area contributed by atoms with Gasteiger partial charge in [0, 0.05) is 13.6 Å². The van der Waals surface area contributed by atoms with Gasteiger partial charge in [-0.3, -0.25) is 0 Å². The van der Waals surface area contributed by atoms with Gasteiger partial charge in [-0.05, 0) is 34.5 Å². The van der Waals surface area contributed by atoms with E-state index < -0.39 is 10.0 Å². The first-order valence-corrected chi connectivity index (χ1v) is 7.27. The molecule has 0 bridgehead atoms. The summed E-state index contributed by atoms with van der Waals surface area (Å²) in [4.78, 5) is 0. The SMILES string of the molecule is C=CCN(C)S(=O)(=O)c1cc(C)c(Br)s1. The maximum absolute atomic E-state index is 12.0. The van der Waals surface area contributed by atoms with Gasteiger partial charge in [0.2, 0.25) is 0 Å². The van der Waals surface area contributed by atoms with Crippen molar-refractivity contribution in [3.05, 3.63) is 28.1 Å². The van der Waals surface area contributed by atoms with Crippen LogP contribution in [0.3, 0.4) is 0 Å². The molecule has 6 heteroatoms. The van der Waals surface area contributed by atoms with Crippen molar-refractivity contribution in [2.75, 3.05) is 13.6 Å². The summed E-state index contributed by atoms with van der Waals surface area (Å²) >= 11 is 4.54. The van der Waals surface area contributed by atoms with E-state index in [0.717, 1.165) is 9.35 Å². The van der Waals surface area contributed by atoms with Crippen LogP contribution in [0.1, 0.15) is 5.56 Å². The van der Waals surface area contributed by atoms with E-state index in [0.29, 0.717) is 10.8 Å². The normalized spacial score (nSPS) is 12.0. The third kappa shape index (κ3) is 2.69. The Kier molecular flexibility index (Phi) is 4.11. The first-order valence-electron chi connectivity index (χ1n) is 4.22. The number of thiophene rings is 1. The van der Waals surface area contributed by atoms with Gasteiger partial charge in [-0.1, -0.05) is 6.08 Å². The standard InChI is InChI=1S/C9H12BrNO2S2/c1-4-5-11(3)15(12,13)8-6-7(2)9(10)14-8/h4,6H,1,5H2,2-3H3. The average Bonchev–Trinajstić information content (AvgIpc) is 2.48. The maximum Gasteiger partial charge on any atom is 0.252 e. The Hall–Kier alpha value is -0.170. The Bertz CT molecular complexity index is 445. The summed E-state index contributed by atoms with van der Waals surface area (Å²) in [5.41, 5.74) is 0.936. The molecule has 3 nitrogen and oxygen atoms in total. The zero-order valence-electron chi connectivity index (χ0n) is 8.53. The van der Waals surface area contributed by atoms with Crippen molar-refractivity contribution in [1.29, 1.82) is 0 Å². The van der Waals surface area contributed by atoms with E-state index in [1.807, 2.05) is 6.92 Å². The second-order valence-electron chi connectivity index (χ2n) is 3.10. The molecular formula is C9H12BrNO2S2. The van der Waals surface area contributed by atoms with Crippen LogP contribution in [0.15, 0.2) is 26.7 Å². The van der Waals surface area contributed by atoms with Crippen molar-refractivity contribution in [1.82, 2.24) is 4.31 Å². The van der Waals surface area contributed by atoms with Crippen LogP contribution in [0.25, 0.3) is 0 Å². The Morgan fingerprint density at radius 2 is 2.27 bits per heavy atom. The third-order valence-corrected chi connectivity index (χ3v) is 6.29. The molecule has 0 N–H and O–H groups in total. The number of halogens is 1. The molecule has 0 amide bonds. The first-order chi connectivity index (χ1) is 6.89. The summed E-state index contributed by atoms with van der Waals surface area (Å²) in [5.74, 6) is 0. The van der Waals surface area contributed by atoms with E-state index in [2.05, 4.69) is 22.5 Å². The fourth-order valence-electron chi connectivity index (χ4n) is 0.992. The van der Waals surface area contributed by atoms with E-state index in [9.17, 15) is 8.42 Å². The minimum Gasteiger partial charge on any atom is -0.206 e. The summed E-state index contributed by atoms with van der Waals surface area (Å²) in [6, 6.07) is 1.67. The number of sulfonamides is 1. The van der Waals surface area contributed by atoms with Crippen LogP contribution in [0.4, 0.5) is 0 Å². The molecule has 1 heterocycles. The van der Waals surface area contributed by atoms with Crippen LogP contribution < -0.4 is 0 Å². The summed E-state index contributed by atoms with van der Waals surface area (Å²) in [5, 5.41) is 0. The lowest BCUT2D eigenvalue weighted by atomic mass is 10.4. The Morgan fingerprint density at radius 1 is 1.67 bits per heavy atom.